The molecule has 0 saturated heterocycles. The quantitative estimate of drug-likeness (QED) is 0.196. The molecule has 2 aromatic carbocycles. The molecule has 0 radical (unpaired) electrons. The summed E-state index contributed by atoms with van der Waals surface area (Å²) in [5.41, 5.74) is 2.21. The Bertz CT molecular complexity index is 1140. The van der Waals surface area contributed by atoms with Crippen LogP contribution in [0.15, 0.2) is 67.8 Å². The van der Waals surface area contributed by atoms with Gasteiger partial charge in [0.15, 0.2) is 5.58 Å². The third-order valence-corrected chi connectivity index (χ3v) is 5.19. The average Bonchev–Trinajstić information content (AvgIpc) is 2.67. The first-order valence-electron chi connectivity index (χ1n) is 9.18. The predicted molar refractivity (Wildman–Crippen MR) is 117 cm³/mol. The van der Waals surface area contributed by atoms with Crippen LogP contribution in [0, 0.1) is 0 Å². The van der Waals surface area contributed by atoms with E-state index in [1.165, 1.54) is 18.7 Å². The Hall–Kier alpha value is -2.86. The third-order valence-electron chi connectivity index (χ3n) is 4.45. The number of oxime groups is 1. The molecular weight excluding hydrogens is 386 g/mol. The molecule has 3 aromatic rings. The SMILES string of the molecule is CSc1cc(C(C)(C)C)cc2cc(/C(=N/OC(C)=O)c3ccccc3)c(=O)oc12. The molecule has 6 heteroatoms. The maximum atomic E-state index is 12.8. The largest absolute Gasteiger partial charge is 0.421 e. The number of thioether (sulfide) groups is 1. The molecule has 0 unspecified atom stereocenters. The lowest BCUT2D eigenvalue weighted by atomic mass is 9.86. The predicted octanol–water partition coefficient (Wildman–Crippen LogP) is 5.13. The Labute approximate surface area is 173 Å². The van der Waals surface area contributed by atoms with Crippen molar-refractivity contribution in [3.63, 3.8) is 0 Å². The van der Waals surface area contributed by atoms with Gasteiger partial charge in [-0.1, -0.05) is 56.3 Å². The van der Waals surface area contributed by atoms with Gasteiger partial charge in [-0.15, -0.1) is 11.8 Å². The van der Waals surface area contributed by atoms with E-state index in [0.717, 1.165) is 15.8 Å². The van der Waals surface area contributed by atoms with Crippen LogP contribution in [0.25, 0.3) is 11.0 Å². The fourth-order valence-electron chi connectivity index (χ4n) is 2.92. The van der Waals surface area contributed by atoms with Gasteiger partial charge in [-0.25, -0.2) is 9.59 Å². The average molecular weight is 410 g/mol. The molecule has 0 aliphatic carbocycles. The minimum Gasteiger partial charge on any atom is -0.421 e. The van der Waals surface area contributed by atoms with E-state index in [4.69, 9.17) is 9.25 Å². The van der Waals surface area contributed by atoms with Crippen molar-refractivity contribution in [2.75, 3.05) is 6.26 Å². The minimum atomic E-state index is -0.566. The van der Waals surface area contributed by atoms with Crippen molar-refractivity contribution in [1.29, 1.82) is 0 Å². The van der Waals surface area contributed by atoms with Crippen LogP contribution in [0.2, 0.25) is 0 Å². The Morgan fingerprint density at radius 2 is 1.79 bits per heavy atom. The van der Waals surface area contributed by atoms with Crippen molar-refractivity contribution < 1.29 is 14.0 Å². The number of carbonyl (C=O) groups is 1. The molecule has 0 amide bonds. The van der Waals surface area contributed by atoms with Gasteiger partial charge in [-0.2, -0.15) is 0 Å². The number of nitrogens with zero attached hydrogens (tertiary/aromatic N) is 1. The first kappa shape index (κ1) is 20.9. The Morgan fingerprint density at radius 3 is 2.38 bits per heavy atom. The number of rotatable bonds is 4. The van der Waals surface area contributed by atoms with Crippen LogP contribution in [0.3, 0.4) is 0 Å². The highest BCUT2D eigenvalue weighted by Gasteiger charge is 2.20. The van der Waals surface area contributed by atoms with E-state index in [1.54, 1.807) is 18.2 Å². The Balaban J connectivity index is 2.29. The van der Waals surface area contributed by atoms with Gasteiger partial charge in [-0.3, -0.25) is 0 Å². The highest BCUT2D eigenvalue weighted by Crippen LogP contribution is 2.33. The first-order valence-corrected chi connectivity index (χ1v) is 10.4. The molecule has 3 rings (SSSR count). The lowest BCUT2D eigenvalue weighted by molar-refractivity contribution is -0.140. The molecule has 150 valence electrons. The van der Waals surface area contributed by atoms with Crippen molar-refractivity contribution in [3.8, 4) is 0 Å². The van der Waals surface area contributed by atoms with E-state index in [0.29, 0.717) is 11.1 Å². The van der Waals surface area contributed by atoms with Crippen LogP contribution < -0.4 is 5.63 Å². The number of benzene rings is 2. The number of hydrogen-bond donors (Lipinski definition) is 0. The molecule has 0 atom stereocenters. The second kappa shape index (κ2) is 8.25. The topological polar surface area (TPSA) is 68.9 Å². The summed E-state index contributed by atoms with van der Waals surface area (Å²) in [7, 11) is 0. The summed E-state index contributed by atoms with van der Waals surface area (Å²) < 4.78 is 5.69. The number of carbonyl (C=O) groups excluding carboxylic acids is 1. The van der Waals surface area contributed by atoms with Crippen LogP contribution in [0.4, 0.5) is 0 Å². The molecule has 0 aliphatic rings. The zero-order chi connectivity index (χ0) is 21.2. The van der Waals surface area contributed by atoms with Crippen LogP contribution >= 0.6 is 11.8 Å². The Kier molecular flexibility index (Phi) is 5.94. The lowest BCUT2D eigenvalue weighted by Crippen LogP contribution is -2.17. The van der Waals surface area contributed by atoms with E-state index >= 15 is 0 Å². The fraction of sp³-hybridized carbons (Fsp3) is 0.261. The maximum absolute atomic E-state index is 12.8. The highest BCUT2D eigenvalue weighted by atomic mass is 32.2. The zero-order valence-corrected chi connectivity index (χ0v) is 17.9. The van der Waals surface area contributed by atoms with Gasteiger partial charge in [0.05, 0.1) is 10.5 Å². The minimum absolute atomic E-state index is 0.0664. The molecule has 0 fully saturated rings. The second-order valence-electron chi connectivity index (χ2n) is 7.68. The van der Waals surface area contributed by atoms with Crippen molar-refractivity contribution in [2.24, 2.45) is 5.16 Å². The van der Waals surface area contributed by atoms with Crippen LogP contribution in [-0.2, 0) is 15.0 Å². The smallest absolute Gasteiger partial charge is 0.345 e. The first-order chi connectivity index (χ1) is 13.7. The van der Waals surface area contributed by atoms with Crippen molar-refractivity contribution >= 4 is 34.4 Å². The standard InChI is InChI=1S/C23H23NO4S/c1-14(25)28-24-20(15-9-7-6-8-10-15)18-12-16-11-17(23(2,3)4)13-19(29-5)21(16)27-22(18)26/h6-13H,1-5H3/b24-20+. The summed E-state index contributed by atoms with van der Waals surface area (Å²) in [4.78, 5) is 29.9. The molecule has 1 aromatic heterocycles. The number of fused-ring (bicyclic) bond motifs is 1. The maximum Gasteiger partial charge on any atom is 0.345 e. The molecule has 0 saturated carbocycles. The van der Waals surface area contributed by atoms with Gasteiger partial charge in [0.2, 0.25) is 0 Å². The summed E-state index contributed by atoms with van der Waals surface area (Å²) >= 11 is 1.53. The van der Waals surface area contributed by atoms with Gasteiger partial charge in [-0.05, 0) is 35.4 Å². The van der Waals surface area contributed by atoms with Gasteiger partial charge >= 0.3 is 11.6 Å². The normalized spacial score (nSPS) is 12.2. The van der Waals surface area contributed by atoms with Gasteiger partial charge in [0.25, 0.3) is 0 Å². The van der Waals surface area contributed by atoms with Gasteiger partial charge in [0.1, 0.15) is 5.71 Å². The van der Waals surface area contributed by atoms with E-state index < -0.39 is 11.6 Å². The summed E-state index contributed by atoms with van der Waals surface area (Å²) in [6.07, 6.45) is 1.95. The lowest BCUT2D eigenvalue weighted by Gasteiger charge is -2.20. The van der Waals surface area contributed by atoms with Crippen LogP contribution in [-0.4, -0.2) is 17.9 Å². The monoisotopic (exact) mass is 409 g/mol. The number of hydrogen-bond acceptors (Lipinski definition) is 6. The highest BCUT2D eigenvalue weighted by molar-refractivity contribution is 7.98. The van der Waals surface area contributed by atoms with E-state index in [1.807, 2.05) is 30.5 Å². The van der Waals surface area contributed by atoms with Crippen LogP contribution in [0.1, 0.15) is 44.4 Å². The zero-order valence-electron chi connectivity index (χ0n) is 17.1. The van der Waals surface area contributed by atoms with E-state index in [-0.39, 0.29) is 16.7 Å². The van der Waals surface area contributed by atoms with Crippen LogP contribution in [0.5, 0.6) is 0 Å². The van der Waals surface area contributed by atoms with Crippen molar-refractivity contribution in [3.05, 3.63) is 75.6 Å². The second-order valence-corrected chi connectivity index (χ2v) is 8.53. The fourth-order valence-corrected chi connectivity index (χ4v) is 3.51. The summed E-state index contributed by atoms with van der Waals surface area (Å²) in [5, 5.41) is 4.74. The Morgan fingerprint density at radius 1 is 1.10 bits per heavy atom. The summed E-state index contributed by atoms with van der Waals surface area (Å²) in [6.45, 7) is 7.66. The van der Waals surface area contributed by atoms with Crippen molar-refractivity contribution in [2.45, 2.75) is 38.0 Å². The molecule has 29 heavy (non-hydrogen) atoms. The van der Waals surface area contributed by atoms with E-state index in [9.17, 15) is 9.59 Å². The molecule has 5 nitrogen and oxygen atoms in total. The van der Waals surface area contributed by atoms with Crippen molar-refractivity contribution in [1.82, 2.24) is 0 Å². The molecule has 0 aliphatic heterocycles. The van der Waals surface area contributed by atoms with Gasteiger partial charge in [0, 0.05) is 17.9 Å². The molecular formula is C23H23NO4S. The molecule has 1 heterocycles. The van der Waals surface area contributed by atoms with Gasteiger partial charge < -0.3 is 9.25 Å². The van der Waals surface area contributed by atoms with E-state index in [2.05, 4.69) is 32.0 Å². The molecule has 0 spiro atoms. The third kappa shape index (κ3) is 4.59. The molecule has 0 bridgehead atoms. The molecule has 0 N–H and O–H groups in total. The summed E-state index contributed by atoms with van der Waals surface area (Å²) in [5.74, 6) is -0.566. The summed E-state index contributed by atoms with van der Waals surface area (Å²) in [6, 6.07) is 14.9.